The van der Waals surface area contributed by atoms with Gasteiger partial charge in [0.1, 0.15) is 4.90 Å². The number of Topliss-reactive ketones (excluding diaryl/α,β-unsaturated/α-hetero) is 1. The Hall–Kier alpha value is -2.87. The second-order valence-corrected chi connectivity index (χ2v) is 6.53. The third-order valence-electron chi connectivity index (χ3n) is 3.31. The van der Waals surface area contributed by atoms with Gasteiger partial charge in [0.25, 0.3) is 0 Å². The summed E-state index contributed by atoms with van der Waals surface area (Å²) in [6.45, 7) is 1.38. The molecule has 0 spiro atoms. The lowest BCUT2D eigenvalue weighted by Crippen LogP contribution is -2.12. The molecule has 0 aliphatic rings. The molecule has 0 saturated heterocycles. The van der Waals surface area contributed by atoms with Crippen LogP contribution in [0.4, 0.5) is 0 Å². The summed E-state index contributed by atoms with van der Waals surface area (Å²) >= 11 is 0. The minimum atomic E-state index is -4.22. The molecule has 132 valence electrons. The molecular formula is C17H16O7S. The molecule has 0 aliphatic heterocycles. The maximum atomic E-state index is 12.5. The van der Waals surface area contributed by atoms with E-state index in [-0.39, 0.29) is 27.7 Å². The Kier molecular flexibility index (Phi) is 5.43. The zero-order valence-corrected chi connectivity index (χ0v) is 14.6. The summed E-state index contributed by atoms with van der Waals surface area (Å²) in [6.07, 6.45) is 0. The Bertz CT molecular complexity index is 916. The van der Waals surface area contributed by atoms with Gasteiger partial charge < -0.3 is 13.7 Å². The Labute approximate surface area is 145 Å². The van der Waals surface area contributed by atoms with E-state index < -0.39 is 16.1 Å². The van der Waals surface area contributed by atoms with Crippen molar-refractivity contribution >= 4 is 21.9 Å². The van der Waals surface area contributed by atoms with Crippen LogP contribution in [0.1, 0.15) is 27.6 Å². The third kappa shape index (κ3) is 4.16. The molecule has 0 fully saturated rings. The molecule has 0 radical (unpaired) electrons. The third-order valence-corrected chi connectivity index (χ3v) is 4.54. The van der Waals surface area contributed by atoms with E-state index in [0.717, 1.165) is 6.07 Å². The van der Waals surface area contributed by atoms with Crippen LogP contribution in [0.3, 0.4) is 0 Å². The van der Waals surface area contributed by atoms with Crippen LogP contribution in [0.2, 0.25) is 0 Å². The maximum Gasteiger partial charge on any atom is 0.339 e. The van der Waals surface area contributed by atoms with E-state index in [4.69, 9.17) is 8.92 Å². The van der Waals surface area contributed by atoms with Crippen LogP contribution >= 0.6 is 0 Å². The largest absolute Gasteiger partial charge is 0.493 e. The van der Waals surface area contributed by atoms with Crippen LogP contribution < -0.4 is 8.92 Å². The van der Waals surface area contributed by atoms with Crippen molar-refractivity contribution in [2.24, 2.45) is 0 Å². The minimum absolute atomic E-state index is 0.0732. The average Bonchev–Trinajstić information content (AvgIpc) is 2.61. The highest BCUT2D eigenvalue weighted by molar-refractivity contribution is 7.87. The van der Waals surface area contributed by atoms with Crippen LogP contribution in [0, 0.1) is 0 Å². The lowest BCUT2D eigenvalue weighted by molar-refractivity contribution is 0.0600. The SMILES string of the molecule is COC(=O)c1cccc(S(=O)(=O)Oc2ccc(C(C)=O)cc2OC)c1. The average molecular weight is 364 g/mol. The first-order valence-corrected chi connectivity index (χ1v) is 8.51. The molecular weight excluding hydrogens is 348 g/mol. The Morgan fingerprint density at radius 2 is 1.64 bits per heavy atom. The highest BCUT2D eigenvalue weighted by Crippen LogP contribution is 2.31. The Balaban J connectivity index is 2.39. The summed E-state index contributed by atoms with van der Waals surface area (Å²) in [5.74, 6) is -0.838. The van der Waals surface area contributed by atoms with E-state index in [2.05, 4.69) is 4.74 Å². The molecule has 0 saturated carbocycles. The van der Waals surface area contributed by atoms with Crippen molar-refractivity contribution in [3.8, 4) is 11.5 Å². The summed E-state index contributed by atoms with van der Waals surface area (Å²) in [5.41, 5.74) is 0.431. The van der Waals surface area contributed by atoms with Gasteiger partial charge in [-0.1, -0.05) is 6.07 Å². The van der Waals surface area contributed by atoms with Gasteiger partial charge in [-0.2, -0.15) is 8.42 Å². The molecule has 2 rings (SSSR count). The van der Waals surface area contributed by atoms with Crippen LogP contribution in [0.25, 0.3) is 0 Å². The lowest BCUT2D eigenvalue weighted by Gasteiger charge is -2.12. The molecule has 0 amide bonds. The second kappa shape index (κ2) is 7.35. The predicted octanol–water partition coefficient (Wildman–Crippen LogP) is 2.45. The van der Waals surface area contributed by atoms with E-state index in [1.165, 1.54) is 57.5 Å². The summed E-state index contributed by atoms with van der Waals surface area (Å²) in [4.78, 5) is 22.7. The van der Waals surface area contributed by atoms with Crippen LogP contribution in [0.15, 0.2) is 47.4 Å². The van der Waals surface area contributed by atoms with E-state index in [0.29, 0.717) is 5.56 Å². The first kappa shape index (κ1) is 18.5. The number of methoxy groups -OCH3 is 2. The topological polar surface area (TPSA) is 96.0 Å². The zero-order chi connectivity index (χ0) is 18.6. The molecule has 8 heteroatoms. The highest BCUT2D eigenvalue weighted by atomic mass is 32.2. The molecule has 7 nitrogen and oxygen atoms in total. The zero-order valence-electron chi connectivity index (χ0n) is 13.8. The predicted molar refractivity (Wildman–Crippen MR) is 88.6 cm³/mol. The summed E-state index contributed by atoms with van der Waals surface area (Å²) in [5, 5.41) is 0. The standard InChI is InChI=1S/C17H16O7S/c1-11(18)12-7-8-15(16(10-12)22-2)24-25(20,21)14-6-4-5-13(9-14)17(19)23-3/h4-10H,1-3H3. The number of ketones is 1. The van der Waals surface area contributed by atoms with Crippen molar-refractivity contribution in [2.75, 3.05) is 14.2 Å². The number of ether oxygens (including phenoxy) is 2. The quantitative estimate of drug-likeness (QED) is 0.441. The molecule has 2 aromatic rings. The number of carbonyl (C=O) groups is 2. The normalized spacial score (nSPS) is 10.8. The van der Waals surface area contributed by atoms with Crippen LogP contribution in [-0.2, 0) is 14.9 Å². The van der Waals surface area contributed by atoms with Crippen molar-refractivity contribution in [1.82, 2.24) is 0 Å². The fourth-order valence-corrected chi connectivity index (χ4v) is 3.00. The Morgan fingerprint density at radius 3 is 2.24 bits per heavy atom. The fraction of sp³-hybridized carbons (Fsp3) is 0.176. The van der Waals surface area contributed by atoms with Crippen LogP contribution in [-0.4, -0.2) is 34.4 Å². The second-order valence-electron chi connectivity index (χ2n) is 4.98. The van der Waals surface area contributed by atoms with Crippen molar-refractivity contribution < 1.29 is 31.7 Å². The van der Waals surface area contributed by atoms with Gasteiger partial charge in [-0.3, -0.25) is 4.79 Å². The molecule has 25 heavy (non-hydrogen) atoms. The number of esters is 1. The smallest absolute Gasteiger partial charge is 0.339 e. The van der Waals surface area contributed by atoms with Crippen molar-refractivity contribution in [1.29, 1.82) is 0 Å². The summed E-state index contributed by atoms with van der Waals surface area (Å²) in [6, 6.07) is 9.41. The van der Waals surface area contributed by atoms with Crippen molar-refractivity contribution in [2.45, 2.75) is 11.8 Å². The van der Waals surface area contributed by atoms with Gasteiger partial charge >= 0.3 is 16.1 Å². The number of carbonyl (C=O) groups excluding carboxylic acids is 2. The number of benzene rings is 2. The molecule has 0 aromatic heterocycles. The van der Waals surface area contributed by atoms with Gasteiger partial charge in [0.05, 0.1) is 19.8 Å². The summed E-state index contributed by atoms with van der Waals surface area (Å²) < 4.78 is 39.7. The molecule has 0 atom stereocenters. The van der Waals surface area contributed by atoms with Gasteiger partial charge in [-0.05, 0) is 43.3 Å². The van der Waals surface area contributed by atoms with Gasteiger partial charge in [0.15, 0.2) is 17.3 Å². The van der Waals surface area contributed by atoms with Crippen molar-refractivity contribution in [3.63, 3.8) is 0 Å². The lowest BCUT2D eigenvalue weighted by atomic mass is 10.1. The fourth-order valence-electron chi connectivity index (χ4n) is 2.02. The van der Waals surface area contributed by atoms with E-state index in [1.54, 1.807) is 0 Å². The number of rotatable bonds is 6. The molecule has 0 heterocycles. The molecule has 2 aromatic carbocycles. The van der Waals surface area contributed by atoms with E-state index in [1.807, 2.05) is 0 Å². The first-order valence-electron chi connectivity index (χ1n) is 7.10. The summed E-state index contributed by atoms with van der Waals surface area (Å²) in [7, 11) is -1.69. The van der Waals surface area contributed by atoms with Gasteiger partial charge in [0.2, 0.25) is 0 Å². The number of hydrogen-bond acceptors (Lipinski definition) is 7. The van der Waals surface area contributed by atoms with Gasteiger partial charge in [-0.15, -0.1) is 0 Å². The maximum absolute atomic E-state index is 12.5. The number of hydrogen-bond donors (Lipinski definition) is 0. The molecule has 0 N–H and O–H groups in total. The van der Waals surface area contributed by atoms with Crippen LogP contribution in [0.5, 0.6) is 11.5 Å². The molecule has 0 unspecified atom stereocenters. The van der Waals surface area contributed by atoms with E-state index in [9.17, 15) is 18.0 Å². The van der Waals surface area contributed by atoms with Gasteiger partial charge in [-0.25, -0.2) is 4.79 Å². The Morgan fingerprint density at radius 1 is 0.920 bits per heavy atom. The van der Waals surface area contributed by atoms with Crippen molar-refractivity contribution in [3.05, 3.63) is 53.6 Å². The van der Waals surface area contributed by atoms with Gasteiger partial charge in [0, 0.05) is 5.56 Å². The minimum Gasteiger partial charge on any atom is -0.493 e. The van der Waals surface area contributed by atoms with E-state index >= 15 is 0 Å². The molecule has 0 aliphatic carbocycles. The highest BCUT2D eigenvalue weighted by Gasteiger charge is 2.21. The monoisotopic (exact) mass is 364 g/mol. The first-order chi connectivity index (χ1) is 11.8. The molecule has 0 bridgehead atoms.